The highest BCUT2D eigenvalue weighted by Crippen LogP contribution is 2.39. The number of nitrogens with zero attached hydrogens (tertiary/aromatic N) is 4. The Hall–Kier alpha value is -2.84. The Kier molecular flexibility index (Phi) is 15.8. The number of rotatable bonds is 10. The monoisotopic (exact) mass is 760 g/mol. The van der Waals surface area contributed by atoms with Crippen LogP contribution in [0.25, 0.3) is 27.4 Å². The molecular weight excluding hydrogens is 728 g/mol. The molecule has 0 saturated carbocycles. The maximum absolute atomic E-state index is 8.57. The third kappa shape index (κ3) is 10.7. The summed E-state index contributed by atoms with van der Waals surface area (Å²) in [6, 6.07) is 17.7. The normalized spacial score (nSPS) is 13.2. The molecule has 12 heteroatoms. The van der Waals surface area contributed by atoms with Crippen LogP contribution in [0, 0.1) is 17.9 Å². The molecule has 0 radical (unpaired) electrons. The van der Waals surface area contributed by atoms with Gasteiger partial charge in [-0.3, -0.25) is 0 Å². The van der Waals surface area contributed by atoms with Crippen molar-refractivity contribution in [2.24, 2.45) is 0 Å². The van der Waals surface area contributed by atoms with Crippen LogP contribution < -0.4 is 9.47 Å². The van der Waals surface area contributed by atoms with Gasteiger partial charge in [0, 0.05) is 32.5 Å². The summed E-state index contributed by atoms with van der Waals surface area (Å²) in [4.78, 5) is 13.0. The number of nitriles is 1. The summed E-state index contributed by atoms with van der Waals surface area (Å²) in [7, 11) is 3.30. The summed E-state index contributed by atoms with van der Waals surface area (Å²) in [5.41, 5.74) is 3.44. The molecule has 0 bridgehead atoms. The van der Waals surface area contributed by atoms with Crippen molar-refractivity contribution in [3.05, 3.63) is 80.7 Å². The summed E-state index contributed by atoms with van der Waals surface area (Å²) in [6.45, 7) is 10.5. The zero-order chi connectivity index (χ0) is 31.6. The first-order chi connectivity index (χ1) is 21.5. The Bertz CT molecular complexity index is 1470. The number of ether oxygens (including phenoxy) is 4. The molecular formula is C32H34Br2N4O4S2. The van der Waals surface area contributed by atoms with Crippen LogP contribution in [-0.4, -0.2) is 61.3 Å². The fourth-order valence-corrected chi connectivity index (χ4v) is 6.26. The van der Waals surface area contributed by atoms with E-state index in [9.17, 15) is 0 Å². The molecule has 2 aromatic heterocycles. The highest BCUT2D eigenvalue weighted by Gasteiger charge is 2.43. The Balaban J connectivity index is 0.000000203. The molecule has 1 saturated heterocycles. The number of alkyl halides is 2. The standard InChI is InChI=1S/C16H16N2O2S.C12H10N2OS.C4H8Br2O/c1-17-16(7-9-20-10-8-16)15-18-14(11-21-15)12-3-5-13(19-2)6-4-12;1-15-10-4-2-9(3-5-10)11-8-16-12(14-11)6-7-13;5-1-3-7-4-2-6/h3-6,11H,7-10H2,2H3;2-5,8H,6H2,1H3;1-4H2. The summed E-state index contributed by atoms with van der Waals surface area (Å²) in [6.07, 6.45) is 1.83. The third-order valence-electron chi connectivity index (χ3n) is 6.43. The second-order valence-electron chi connectivity index (χ2n) is 9.20. The van der Waals surface area contributed by atoms with Crippen LogP contribution in [0.3, 0.4) is 0 Å². The minimum Gasteiger partial charge on any atom is -0.497 e. The van der Waals surface area contributed by atoms with Crippen LogP contribution in [0.4, 0.5) is 0 Å². The highest BCUT2D eigenvalue weighted by molar-refractivity contribution is 9.09. The Morgan fingerprint density at radius 2 is 1.41 bits per heavy atom. The Morgan fingerprint density at radius 1 is 0.886 bits per heavy atom. The molecule has 0 amide bonds. The summed E-state index contributed by atoms with van der Waals surface area (Å²) >= 11 is 9.57. The average Bonchev–Trinajstić information content (AvgIpc) is 3.77. The van der Waals surface area contributed by atoms with E-state index in [1.54, 1.807) is 25.6 Å². The van der Waals surface area contributed by atoms with Crippen molar-refractivity contribution in [1.82, 2.24) is 9.97 Å². The first-order valence-electron chi connectivity index (χ1n) is 13.7. The number of hydrogen-bond acceptors (Lipinski definition) is 9. The van der Waals surface area contributed by atoms with Gasteiger partial charge in [-0.2, -0.15) is 5.26 Å². The van der Waals surface area contributed by atoms with Gasteiger partial charge in [0.05, 0.1) is 77.4 Å². The maximum Gasteiger partial charge on any atom is 0.287 e. The van der Waals surface area contributed by atoms with Crippen LogP contribution in [0.2, 0.25) is 0 Å². The van der Waals surface area contributed by atoms with Crippen molar-refractivity contribution in [3.8, 4) is 40.1 Å². The number of benzene rings is 2. The molecule has 1 aliphatic heterocycles. The van der Waals surface area contributed by atoms with Crippen LogP contribution in [0.15, 0.2) is 59.3 Å². The van der Waals surface area contributed by atoms with Crippen molar-refractivity contribution >= 4 is 54.5 Å². The lowest BCUT2D eigenvalue weighted by molar-refractivity contribution is 0.0646. The lowest BCUT2D eigenvalue weighted by Crippen LogP contribution is -2.30. The van der Waals surface area contributed by atoms with E-state index >= 15 is 0 Å². The number of halogens is 2. The summed E-state index contributed by atoms with van der Waals surface area (Å²) < 4.78 is 20.7. The number of methoxy groups -OCH3 is 2. The SMILES string of the molecule is BrCCOCCBr.COc1ccc(-c2csc(CC#N)n2)cc1.[C-]#[N+]C1(c2nc(-c3ccc(OC)cc3)cs2)CCOCC1. The van der Waals surface area contributed by atoms with Gasteiger partial charge in [-0.1, -0.05) is 31.9 Å². The lowest BCUT2D eigenvalue weighted by Gasteiger charge is -2.24. The van der Waals surface area contributed by atoms with Gasteiger partial charge in [-0.05, 0) is 48.5 Å². The highest BCUT2D eigenvalue weighted by atomic mass is 79.9. The molecule has 0 unspecified atom stereocenters. The Labute approximate surface area is 284 Å². The topological polar surface area (TPSA) is 90.9 Å². The molecule has 44 heavy (non-hydrogen) atoms. The molecule has 3 heterocycles. The van der Waals surface area contributed by atoms with E-state index in [1.165, 1.54) is 11.3 Å². The third-order valence-corrected chi connectivity index (χ3v) is 8.96. The first kappa shape index (κ1) is 35.6. The largest absolute Gasteiger partial charge is 0.497 e. The van der Waals surface area contributed by atoms with Gasteiger partial charge in [0.25, 0.3) is 5.54 Å². The second kappa shape index (κ2) is 19.5. The molecule has 2 aromatic carbocycles. The van der Waals surface area contributed by atoms with Gasteiger partial charge in [0.2, 0.25) is 0 Å². The van der Waals surface area contributed by atoms with Crippen LogP contribution in [0.5, 0.6) is 11.5 Å². The van der Waals surface area contributed by atoms with E-state index in [2.05, 4.69) is 47.8 Å². The van der Waals surface area contributed by atoms with Gasteiger partial charge in [0.15, 0.2) is 5.01 Å². The van der Waals surface area contributed by atoms with Gasteiger partial charge in [-0.25, -0.2) is 16.5 Å². The molecule has 0 spiro atoms. The van der Waals surface area contributed by atoms with Crippen molar-refractivity contribution in [2.75, 3.05) is 51.3 Å². The summed E-state index contributed by atoms with van der Waals surface area (Å²) in [5, 5.41) is 16.2. The first-order valence-corrected chi connectivity index (χ1v) is 17.7. The van der Waals surface area contributed by atoms with E-state index in [0.29, 0.717) is 19.6 Å². The predicted octanol–water partition coefficient (Wildman–Crippen LogP) is 8.42. The zero-order valence-electron chi connectivity index (χ0n) is 24.6. The van der Waals surface area contributed by atoms with Crippen molar-refractivity contribution in [1.29, 1.82) is 5.26 Å². The van der Waals surface area contributed by atoms with Crippen LogP contribution in [-0.2, 0) is 21.4 Å². The molecule has 232 valence electrons. The minimum absolute atomic E-state index is 0.376. The van der Waals surface area contributed by atoms with Gasteiger partial charge in [0.1, 0.15) is 16.5 Å². The molecule has 1 aliphatic rings. The van der Waals surface area contributed by atoms with E-state index < -0.39 is 5.54 Å². The van der Waals surface area contributed by atoms with Crippen molar-refractivity contribution in [2.45, 2.75) is 24.8 Å². The van der Waals surface area contributed by atoms with Gasteiger partial charge < -0.3 is 23.8 Å². The maximum atomic E-state index is 8.57. The van der Waals surface area contributed by atoms with Crippen molar-refractivity contribution in [3.63, 3.8) is 0 Å². The second-order valence-corrected chi connectivity index (χ2v) is 12.6. The molecule has 1 fully saturated rings. The molecule has 5 rings (SSSR count). The molecule has 0 N–H and O–H groups in total. The number of thiazole rings is 2. The van der Waals surface area contributed by atoms with E-state index in [1.807, 2.05) is 59.3 Å². The minimum atomic E-state index is -0.492. The van der Waals surface area contributed by atoms with Gasteiger partial charge in [-0.15, -0.1) is 22.7 Å². The molecule has 0 aliphatic carbocycles. The van der Waals surface area contributed by atoms with Crippen molar-refractivity contribution < 1.29 is 18.9 Å². The van der Waals surface area contributed by atoms with Gasteiger partial charge >= 0.3 is 0 Å². The van der Waals surface area contributed by atoms with Crippen LogP contribution >= 0.6 is 54.5 Å². The smallest absolute Gasteiger partial charge is 0.287 e. The fourth-order valence-electron chi connectivity index (χ4n) is 4.03. The quantitative estimate of drug-likeness (QED) is 0.0911. The Morgan fingerprint density at radius 3 is 1.89 bits per heavy atom. The average molecular weight is 763 g/mol. The number of aromatic nitrogens is 2. The van der Waals surface area contributed by atoms with E-state index in [4.69, 9.17) is 35.8 Å². The lowest BCUT2D eigenvalue weighted by atomic mass is 9.92. The molecule has 0 atom stereocenters. The van der Waals surface area contributed by atoms with E-state index in [0.717, 1.165) is 80.7 Å². The molecule has 8 nitrogen and oxygen atoms in total. The van der Waals surface area contributed by atoms with E-state index in [-0.39, 0.29) is 0 Å². The zero-order valence-corrected chi connectivity index (χ0v) is 29.4. The summed E-state index contributed by atoms with van der Waals surface area (Å²) in [5.74, 6) is 1.66. The predicted molar refractivity (Wildman–Crippen MR) is 184 cm³/mol. The number of hydrogen-bond donors (Lipinski definition) is 0. The van der Waals surface area contributed by atoms with Crippen LogP contribution in [0.1, 0.15) is 22.9 Å². The fraction of sp³-hybridized carbons (Fsp3) is 0.375. The molecule has 4 aromatic rings.